The van der Waals surface area contributed by atoms with Gasteiger partial charge in [-0.2, -0.15) is 5.26 Å². The van der Waals surface area contributed by atoms with Gasteiger partial charge in [-0.15, -0.1) is 5.10 Å². The van der Waals surface area contributed by atoms with E-state index in [0.29, 0.717) is 27.7 Å². The smallest absolute Gasteiger partial charge is 0.191 e. The summed E-state index contributed by atoms with van der Waals surface area (Å²) >= 11 is 6.27. The van der Waals surface area contributed by atoms with Crippen LogP contribution in [0, 0.1) is 11.3 Å². The van der Waals surface area contributed by atoms with Crippen LogP contribution in [0.25, 0.3) is 16.9 Å². The molecule has 0 aliphatic heterocycles. The van der Waals surface area contributed by atoms with E-state index in [2.05, 4.69) is 16.4 Å². The molecule has 0 N–H and O–H groups in total. The van der Waals surface area contributed by atoms with Crippen molar-refractivity contribution in [3.8, 4) is 28.8 Å². The molecule has 2 aromatic carbocycles. The van der Waals surface area contributed by atoms with E-state index < -0.39 is 0 Å². The number of para-hydroxylation sites is 2. The predicted octanol–water partition coefficient (Wildman–Crippen LogP) is 3.47. The second kappa shape index (κ2) is 5.88. The van der Waals surface area contributed by atoms with Crippen LogP contribution in [0.3, 0.4) is 0 Å². The first-order valence-electron chi connectivity index (χ1n) is 6.50. The Kier molecular flexibility index (Phi) is 3.77. The molecule has 0 aliphatic carbocycles. The number of hydrogen-bond donors (Lipinski definition) is 0. The zero-order valence-electron chi connectivity index (χ0n) is 11.7. The number of halogens is 1. The summed E-state index contributed by atoms with van der Waals surface area (Å²) in [6.07, 6.45) is 0. The number of nitriles is 1. The van der Waals surface area contributed by atoms with Gasteiger partial charge in [0.2, 0.25) is 0 Å². The van der Waals surface area contributed by atoms with E-state index in [1.54, 1.807) is 17.9 Å². The molecule has 3 aromatic rings. The number of nitrogens with zero attached hydrogens (tertiary/aromatic N) is 4. The largest absolute Gasteiger partial charge is 0.494 e. The van der Waals surface area contributed by atoms with Gasteiger partial charge in [-0.25, -0.2) is 4.68 Å². The molecule has 22 heavy (non-hydrogen) atoms. The van der Waals surface area contributed by atoms with Gasteiger partial charge in [0.05, 0.1) is 12.1 Å². The zero-order chi connectivity index (χ0) is 15.5. The Hall–Kier alpha value is -2.84. The van der Waals surface area contributed by atoms with Gasteiger partial charge in [0, 0.05) is 5.56 Å². The molecule has 0 amide bonds. The summed E-state index contributed by atoms with van der Waals surface area (Å²) in [6.45, 7) is 0. The molecule has 0 fully saturated rings. The van der Waals surface area contributed by atoms with Crippen LogP contribution < -0.4 is 4.74 Å². The van der Waals surface area contributed by atoms with E-state index in [1.165, 1.54) is 0 Å². The van der Waals surface area contributed by atoms with Gasteiger partial charge < -0.3 is 4.74 Å². The molecule has 0 bridgehead atoms. The molecule has 0 aliphatic rings. The summed E-state index contributed by atoms with van der Waals surface area (Å²) in [4.78, 5) is 0. The number of hydrogen-bond acceptors (Lipinski definition) is 4. The fraction of sp³-hybridized carbons (Fsp3) is 0.0625. The van der Waals surface area contributed by atoms with E-state index in [1.807, 2.05) is 42.5 Å². The third-order valence-corrected chi connectivity index (χ3v) is 3.55. The van der Waals surface area contributed by atoms with E-state index in [9.17, 15) is 5.26 Å². The van der Waals surface area contributed by atoms with Crippen molar-refractivity contribution in [2.75, 3.05) is 7.11 Å². The van der Waals surface area contributed by atoms with Crippen LogP contribution in [-0.2, 0) is 0 Å². The van der Waals surface area contributed by atoms with Crippen LogP contribution in [0.5, 0.6) is 5.75 Å². The highest BCUT2D eigenvalue weighted by molar-refractivity contribution is 6.33. The van der Waals surface area contributed by atoms with Gasteiger partial charge in [0.25, 0.3) is 0 Å². The van der Waals surface area contributed by atoms with E-state index in [-0.39, 0.29) is 5.69 Å². The van der Waals surface area contributed by atoms with Gasteiger partial charge in [-0.05, 0) is 18.2 Å². The molecule has 0 saturated heterocycles. The Labute approximate surface area is 132 Å². The summed E-state index contributed by atoms with van der Waals surface area (Å²) in [6, 6.07) is 16.7. The first kappa shape index (κ1) is 14.1. The Morgan fingerprint density at radius 3 is 2.59 bits per heavy atom. The van der Waals surface area contributed by atoms with E-state index in [0.717, 1.165) is 0 Å². The minimum Gasteiger partial charge on any atom is -0.494 e. The third-order valence-electron chi connectivity index (χ3n) is 3.22. The molecule has 1 heterocycles. The summed E-state index contributed by atoms with van der Waals surface area (Å²) in [7, 11) is 1.58. The van der Waals surface area contributed by atoms with Crippen LogP contribution in [0.1, 0.15) is 5.69 Å². The highest BCUT2D eigenvalue weighted by Crippen LogP contribution is 2.33. The first-order valence-corrected chi connectivity index (χ1v) is 6.88. The molecule has 5 nitrogen and oxygen atoms in total. The molecule has 108 valence electrons. The lowest BCUT2D eigenvalue weighted by Gasteiger charge is -2.11. The highest BCUT2D eigenvalue weighted by Gasteiger charge is 2.20. The number of aromatic nitrogens is 3. The Morgan fingerprint density at radius 2 is 1.86 bits per heavy atom. The molecule has 0 radical (unpaired) electrons. The van der Waals surface area contributed by atoms with Gasteiger partial charge in [-0.3, -0.25) is 0 Å². The van der Waals surface area contributed by atoms with Crippen LogP contribution in [-0.4, -0.2) is 22.1 Å². The third kappa shape index (κ3) is 2.30. The normalized spacial score (nSPS) is 10.2. The van der Waals surface area contributed by atoms with Gasteiger partial charge in [0.15, 0.2) is 5.69 Å². The van der Waals surface area contributed by atoms with Crippen LogP contribution >= 0.6 is 11.6 Å². The van der Waals surface area contributed by atoms with Crippen LogP contribution in [0.15, 0.2) is 48.5 Å². The highest BCUT2D eigenvalue weighted by atomic mass is 35.5. The summed E-state index contributed by atoms with van der Waals surface area (Å²) in [5.41, 5.74) is 2.13. The lowest BCUT2D eigenvalue weighted by atomic mass is 10.1. The SMILES string of the molecule is COc1ccccc1-n1nnc(C#N)c1-c1ccccc1Cl. The predicted molar refractivity (Wildman–Crippen MR) is 83.1 cm³/mol. The molecule has 0 saturated carbocycles. The van der Waals surface area contributed by atoms with Crippen molar-refractivity contribution >= 4 is 11.6 Å². The van der Waals surface area contributed by atoms with Crippen molar-refractivity contribution in [1.29, 1.82) is 5.26 Å². The molecule has 6 heteroatoms. The van der Waals surface area contributed by atoms with Crippen molar-refractivity contribution in [1.82, 2.24) is 15.0 Å². The maximum atomic E-state index is 9.32. The minimum absolute atomic E-state index is 0.207. The first-order chi connectivity index (χ1) is 10.8. The molecule has 0 atom stereocenters. The molecule has 0 spiro atoms. The van der Waals surface area contributed by atoms with Crippen molar-refractivity contribution in [2.45, 2.75) is 0 Å². The lowest BCUT2D eigenvalue weighted by Crippen LogP contribution is -2.02. The number of ether oxygens (including phenoxy) is 1. The van der Waals surface area contributed by atoms with E-state index in [4.69, 9.17) is 16.3 Å². The van der Waals surface area contributed by atoms with Crippen molar-refractivity contribution < 1.29 is 4.74 Å². The van der Waals surface area contributed by atoms with Gasteiger partial charge in [0.1, 0.15) is 23.2 Å². The van der Waals surface area contributed by atoms with Crippen molar-refractivity contribution in [2.24, 2.45) is 0 Å². The second-order valence-electron chi connectivity index (χ2n) is 4.46. The van der Waals surface area contributed by atoms with Gasteiger partial charge >= 0.3 is 0 Å². The van der Waals surface area contributed by atoms with Crippen molar-refractivity contribution in [3.05, 3.63) is 59.2 Å². The number of methoxy groups -OCH3 is 1. The summed E-state index contributed by atoms with van der Waals surface area (Å²) in [5, 5.41) is 17.9. The average molecular weight is 311 g/mol. The molecular weight excluding hydrogens is 300 g/mol. The van der Waals surface area contributed by atoms with Gasteiger partial charge in [-0.1, -0.05) is 47.1 Å². The monoisotopic (exact) mass is 310 g/mol. The quantitative estimate of drug-likeness (QED) is 0.743. The maximum Gasteiger partial charge on any atom is 0.191 e. The molecular formula is C16H11ClN4O. The molecule has 1 aromatic heterocycles. The fourth-order valence-corrected chi connectivity index (χ4v) is 2.45. The van der Waals surface area contributed by atoms with E-state index >= 15 is 0 Å². The van der Waals surface area contributed by atoms with Crippen LogP contribution in [0.4, 0.5) is 0 Å². The Bertz CT molecular complexity index is 867. The second-order valence-corrected chi connectivity index (χ2v) is 4.87. The maximum absolute atomic E-state index is 9.32. The fourth-order valence-electron chi connectivity index (χ4n) is 2.23. The molecule has 3 rings (SSSR count). The lowest BCUT2D eigenvalue weighted by molar-refractivity contribution is 0.411. The van der Waals surface area contributed by atoms with Crippen LogP contribution in [0.2, 0.25) is 5.02 Å². The Morgan fingerprint density at radius 1 is 1.14 bits per heavy atom. The number of benzene rings is 2. The standard InChI is InChI=1S/C16H11ClN4O/c1-22-15-9-5-4-8-14(15)21-16(13(10-18)19-20-21)11-6-2-3-7-12(11)17/h2-9H,1H3. The molecule has 0 unspecified atom stereocenters. The summed E-state index contributed by atoms with van der Waals surface area (Å²) in [5.74, 6) is 0.630. The Balaban J connectivity index is 2.30. The summed E-state index contributed by atoms with van der Waals surface area (Å²) < 4.78 is 6.93. The van der Waals surface area contributed by atoms with Crippen molar-refractivity contribution in [3.63, 3.8) is 0 Å². The minimum atomic E-state index is 0.207. The zero-order valence-corrected chi connectivity index (χ0v) is 12.4. The number of rotatable bonds is 3. The topological polar surface area (TPSA) is 63.7 Å². The average Bonchev–Trinajstić information content (AvgIpc) is 2.98.